The minimum absolute atomic E-state index is 0.490. The lowest BCUT2D eigenvalue weighted by Crippen LogP contribution is -2.66. The number of nitrogens with zero attached hydrogens (tertiary/aromatic N) is 1. The molecule has 2 aromatic carbocycles. The van der Waals surface area contributed by atoms with E-state index in [1.165, 1.54) is 28.7 Å². The van der Waals surface area contributed by atoms with E-state index < -0.39 is 0 Å². The fourth-order valence-electron chi connectivity index (χ4n) is 3.99. The summed E-state index contributed by atoms with van der Waals surface area (Å²) in [7, 11) is 0. The largest absolute Gasteiger partial charge is 0.315 e. The van der Waals surface area contributed by atoms with Gasteiger partial charge in [-0.2, -0.15) is 0 Å². The van der Waals surface area contributed by atoms with Crippen molar-refractivity contribution in [2.24, 2.45) is 5.41 Å². The van der Waals surface area contributed by atoms with Gasteiger partial charge in [-0.05, 0) is 13.8 Å². The minimum atomic E-state index is 0.490. The molecule has 1 saturated heterocycles. The molecule has 0 radical (unpaired) electrons. The summed E-state index contributed by atoms with van der Waals surface area (Å²) < 4.78 is 1.20. The summed E-state index contributed by atoms with van der Waals surface area (Å²) in [5.41, 5.74) is 3.40. The third-order valence-electron chi connectivity index (χ3n) is 4.25. The van der Waals surface area contributed by atoms with Crippen molar-refractivity contribution in [2.45, 2.75) is 26.9 Å². The first-order chi connectivity index (χ1) is 9.57. The molecule has 3 rings (SSSR count). The molecule has 0 unspecified atom stereocenters. The maximum atomic E-state index is 2.39. The molecule has 1 aliphatic rings. The summed E-state index contributed by atoms with van der Waals surface area (Å²) in [6, 6.07) is 21.9. The SMILES string of the molecule is CC1(C)C[N+](Cc2ccccc2)(Cc2ccccc2)C1. The molecular formula is C19H24N+. The molecule has 0 N–H and O–H groups in total. The fourth-order valence-corrected chi connectivity index (χ4v) is 3.99. The second-order valence-corrected chi connectivity index (χ2v) is 7.11. The average Bonchev–Trinajstić information content (AvgIpc) is 2.38. The quantitative estimate of drug-likeness (QED) is 0.726. The van der Waals surface area contributed by atoms with Crippen LogP contribution in [0.15, 0.2) is 60.7 Å². The monoisotopic (exact) mass is 266 g/mol. The highest BCUT2D eigenvalue weighted by atomic mass is 15.4. The molecule has 104 valence electrons. The predicted molar refractivity (Wildman–Crippen MR) is 84.1 cm³/mol. The first-order valence-corrected chi connectivity index (χ1v) is 7.50. The molecule has 0 amide bonds. The minimum Gasteiger partial charge on any atom is -0.315 e. The third-order valence-corrected chi connectivity index (χ3v) is 4.25. The van der Waals surface area contributed by atoms with Crippen LogP contribution in [-0.2, 0) is 13.1 Å². The Balaban J connectivity index is 1.79. The van der Waals surface area contributed by atoms with Crippen molar-refractivity contribution in [1.82, 2.24) is 0 Å². The van der Waals surface area contributed by atoms with Crippen molar-refractivity contribution in [1.29, 1.82) is 0 Å². The van der Waals surface area contributed by atoms with E-state index in [0.29, 0.717) is 5.41 Å². The van der Waals surface area contributed by atoms with Gasteiger partial charge in [-0.25, -0.2) is 0 Å². The van der Waals surface area contributed by atoms with E-state index in [-0.39, 0.29) is 0 Å². The van der Waals surface area contributed by atoms with E-state index in [0.717, 1.165) is 13.1 Å². The molecular weight excluding hydrogens is 242 g/mol. The van der Waals surface area contributed by atoms with Gasteiger partial charge < -0.3 is 4.48 Å². The van der Waals surface area contributed by atoms with Gasteiger partial charge in [0.15, 0.2) is 0 Å². The number of benzene rings is 2. The zero-order chi connectivity index (χ0) is 14.1. The Morgan fingerprint density at radius 1 is 0.750 bits per heavy atom. The Hall–Kier alpha value is -1.60. The highest BCUT2D eigenvalue weighted by Gasteiger charge is 2.49. The van der Waals surface area contributed by atoms with E-state index in [9.17, 15) is 0 Å². The van der Waals surface area contributed by atoms with E-state index in [1.807, 2.05) is 0 Å². The normalized spacial score (nSPS) is 19.3. The number of hydrogen-bond donors (Lipinski definition) is 0. The van der Waals surface area contributed by atoms with Crippen molar-refractivity contribution >= 4 is 0 Å². The van der Waals surface area contributed by atoms with Gasteiger partial charge in [-0.1, -0.05) is 60.7 Å². The van der Waals surface area contributed by atoms with Crippen molar-refractivity contribution in [2.75, 3.05) is 13.1 Å². The van der Waals surface area contributed by atoms with Crippen LogP contribution in [0.5, 0.6) is 0 Å². The van der Waals surface area contributed by atoms with Gasteiger partial charge in [0, 0.05) is 11.1 Å². The molecule has 0 aliphatic carbocycles. The highest BCUT2D eigenvalue weighted by molar-refractivity contribution is 5.16. The molecule has 20 heavy (non-hydrogen) atoms. The van der Waals surface area contributed by atoms with Crippen LogP contribution >= 0.6 is 0 Å². The van der Waals surface area contributed by atoms with E-state index in [4.69, 9.17) is 0 Å². The molecule has 1 nitrogen and oxygen atoms in total. The lowest BCUT2D eigenvalue weighted by molar-refractivity contribution is -1.01. The van der Waals surface area contributed by atoms with Gasteiger partial charge >= 0.3 is 0 Å². The Morgan fingerprint density at radius 3 is 1.50 bits per heavy atom. The third kappa shape index (κ3) is 2.94. The molecule has 0 atom stereocenters. The Bertz CT molecular complexity index is 505. The van der Waals surface area contributed by atoms with Crippen molar-refractivity contribution in [3.8, 4) is 0 Å². The zero-order valence-corrected chi connectivity index (χ0v) is 12.5. The number of quaternary nitrogens is 1. The summed E-state index contributed by atoms with van der Waals surface area (Å²) in [4.78, 5) is 0. The zero-order valence-electron chi connectivity index (χ0n) is 12.5. The smallest absolute Gasteiger partial charge is 0.105 e. The van der Waals surface area contributed by atoms with Crippen molar-refractivity contribution in [3.05, 3.63) is 71.8 Å². The van der Waals surface area contributed by atoms with Crippen LogP contribution in [0, 0.1) is 5.41 Å². The van der Waals surface area contributed by atoms with E-state index in [1.54, 1.807) is 0 Å². The van der Waals surface area contributed by atoms with Crippen LogP contribution in [0.2, 0.25) is 0 Å². The van der Waals surface area contributed by atoms with E-state index in [2.05, 4.69) is 74.5 Å². The van der Waals surface area contributed by atoms with Crippen LogP contribution < -0.4 is 0 Å². The van der Waals surface area contributed by atoms with Crippen LogP contribution in [0.4, 0.5) is 0 Å². The molecule has 0 spiro atoms. The van der Waals surface area contributed by atoms with Gasteiger partial charge in [0.1, 0.15) is 13.1 Å². The highest BCUT2D eigenvalue weighted by Crippen LogP contribution is 2.39. The second-order valence-electron chi connectivity index (χ2n) is 7.11. The van der Waals surface area contributed by atoms with Gasteiger partial charge in [-0.15, -0.1) is 0 Å². The number of rotatable bonds is 4. The molecule has 0 bridgehead atoms. The summed E-state index contributed by atoms with van der Waals surface area (Å²) in [6.45, 7) is 9.63. The molecule has 1 heterocycles. The van der Waals surface area contributed by atoms with Gasteiger partial charge in [0.25, 0.3) is 0 Å². The van der Waals surface area contributed by atoms with Gasteiger partial charge in [-0.3, -0.25) is 0 Å². The maximum Gasteiger partial charge on any atom is 0.105 e. The van der Waals surface area contributed by atoms with Gasteiger partial charge in [0.2, 0.25) is 0 Å². The summed E-state index contributed by atoms with van der Waals surface area (Å²) in [5.74, 6) is 0. The average molecular weight is 266 g/mol. The number of likely N-dealkylation sites (tertiary alicyclic amines) is 1. The van der Waals surface area contributed by atoms with Crippen LogP contribution in [0.25, 0.3) is 0 Å². The molecule has 0 saturated carbocycles. The van der Waals surface area contributed by atoms with Crippen LogP contribution in [-0.4, -0.2) is 17.6 Å². The summed E-state index contributed by atoms with van der Waals surface area (Å²) >= 11 is 0. The summed E-state index contributed by atoms with van der Waals surface area (Å²) in [6.07, 6.45) is 0. The lowest BCUT2D eigenvalue weighted by Gasteiger charge is -2.55. The molecule has 1 fully saturated rings. The fraction of sp³-hybridized carbons (Fsp3) is 0.368. The molecule has 1 aliphatic heterocycles. The lowest BCUT2D eigenvalue weighted by atomic mass is 9.80. The molecule has 2 aromatic rings. The first-order valence-electron chi connectivity index (χ1n) is 7.50. The Labute approximate surface area is 122 Å². The van der Waals surface area contributed by atoms with Crippen molar-refractivity contribution in [3.63, 3.8) is 0 Å². The standard InChI is InChI=1S/C19H24N/c1-19(2)15-20(16-19,13-17-9-5-3-6-10-17)14-18-11-7-4-8-12-18/h3-12H,13-16H2,1-2H3/q+1. The molecule has 1 heteroatoms. The topological polar surface area (TPSA) is 0 Å². The van der Waals surface area contributed by atoms with Gasteiger partial charge in [0.05, 0.1) is 18.5 Å². The summed E-state index contributed by atoms with van der Waals surface area (Å²) in [5, 5.41) is 0. The second kappa shape index (κ2) is 5.06. The van der Waals surface area contributed by atoms with Crippen LogP contribution in [0.3, 0.4) is 0 Å². The maximum absolute atomic E-state index is 2.39. The predicted octanol–water partition coefficient (Wildman–Crippen LogP) is 4.24. The Kier molecular flexibility index (Phi) is 3.39. The molecule has 0 aromatic heterocycles. The van der Waals surface area contributed by atoms with Crippen LogP contribution in [0.1, 0.15) is 25.0 Å². The number of hydrogen-bond acceptors (Lipinski definition) is 0. The van der Waals surface area contributed by atoms with Crippen molar-refractivity contribution < 1.29 is 4.48 Å². The first kappa shape index (κ1) is 13.4. The Morgan fingerprint density at radius 2 is 1.15 bits per heavy atom. The van der Waals surface area contributed by atoms with E-state index >= 15 is 0 Å².